The van der Waals surface area contributed by atoms with Gasteiger partial charge in [-0.25, -0.2) is 4.98 Å². The van der Waals surface area contributed by atoms with Crippen molar-refractivity contribution >= 4 is 39.1 Å². The Bertz CT molecular complexity index is 743. The number of aromatic nitrogens is 1. The maximum atomic E-state index is 12.0. The van der Waals surface area contributed by atoms with Gasteiger partial charge in [0, 0.05) is 29.0 Å². The molecule has 24 heavy (non-hydrogen) atoms. The largest absolute Gasteiger partial charge is 0.352 e. The Morgan fingerprint density at radius 3 is 2.67 bits per heavy atom. The molecule has 0 unspecified atom stereocenters. The highest BCUT2D eigenvalue weighted by atomic mass is 79.9. The van der Waals surface area contributed by atoms with Gasteiger partial charge in [0.1, 0.15) is 4.88 Å². The van der Waals surface area contributed by atoms with Crippen molar-refractivity contribution in [1.29, 1.82) is 0 Å². The Kier molecular flexibility index (Phi) is 5.63. The van der Waals surface area contributed by atoms with Crippen LogP contribution in [0.25, 0.3) is 0 Å². The lowest BCUT2D eigenvalue weighted by atomic mass is 10.2. The number of amides is 2. The molecule has 2 amide bonds. The number of benzene rings is 1. The van der Waals surface area contributed by atoms with Crippen LogP contribution in [0.3, 0.4) is 0 Å². The Morgan fingerprint density at radius 2 is 1.96 bits per heavy atom. The molecule has 1 aliphatic rings. The molecule has 0 radical (unpaired) electrons. The maximum Gasteiger partial charge on any atom is 0.263 e. The first kappa shape index (κ1) is 17.1. The fraction of sp³-hybridized carbons (Fsp3) is 0.353. The summed E-state index contributed by atoms with van der Waals surface area (Å²) in [6.07, 6.45) is 4.71. The van der Waals surface area contributed by atoms with Crippen LogP contribution in [-0.2, 0) is 0 Å². The first-order valence-electron chi connectivity index (χ1n) is 7.91. The fourth-order valence-corrected chi connectivity index (χ4v) is 3.63. The summed E-state index contributed by atoms with van der Waals surface area (Å²) < 4.78 is 0.873. The minimum absolute atomic E-state index is 0.0854. The highest BCUT2D eigenvalue weighted by Gasteiger charge is 2.27. The van der Waals surface area contributed by atoms with E-state index in [4.69, 9.17) is 0 Å². The van der Waals surface area contributed by atoms with Gasteiger partial charge in [-0.3, -0.25) is 9.59 Å². The van der Waals surface area contributed by atoms with Crippen LogP contribution in [0, 0.1) is 0 Å². The van der Waals surface area contributed by atoms with Gasteiger partial charge in [-0.2, -0.15) is 0 Å². The Balaban J connectivity index is 1.35. The van der Waals surface area contributed by atoms with Gasteiger partial charge >= 0.3 is 0 Å². The summed E-state index contributed by atoms with van der Waals surface area (Å²) >= 11 is 4.83. The van der Waals surface area contributed by atoms with E-state index in [2.05, 4.69) is 31.5 Å². The van der Waals surface area contributed by atoms with Gasteiger partial charge in [0.05, 0.1) is 11.2 Å². The lowest BCUT2D eigenvalue weighted by Crippen LogP contribution is -2.29. The van der Waals surface area contributed by atoms with E-state index >= 15 is 0 Å². The number of hydrogen-bond acceptors (Lipinski definition) is 4. The van der Waals surface area contributed by atoms with Crippen LogP contribution in [-0.4, -0.2) is 29.9 Å². The normalized spacial score (nSPS) is 13.5. The predicted octanol–water partition coefficient (Wildman–Crippen LogP) is 3.33. The van der Waals surface area contributed by atoms with Crippen LogP contribution >= 0.6 is 27.3 Å². The summed E-state index contributed by atoms with van der Waals surface area (Å²) in [6, 6.07) is 7.24. The molecular formula is C17H18BrN3O2S. The van der Waals surface area contributed by atoms with Crippen molar-refractivity contribution in [3.63, 3.8) is 0 Å². The molecule has 5 nitrogen and oxygen atoms in total. The summed E-state index contributed by atoms with van der Waals surface area (Å²) in [5.41, 5.74) is 0.616. The molecule has 1 heterocycles. The SMILES string of the molecule is O=C(NCCCNC(=O)c1cnc(C2CC2)s1)c1cccc(Br)c1. The molecule has 0 bridgehead atoms. The minimum Gasteiger partial charge on any atom is -0.352 e. The number of nitrogens with one attached hydrogen (secondary N) is 2. The summed E-state index contributed by atoms with van der Waals surface area (Å²) in [7, 11) is 0. The molecule has 1 aliphatic carbocycles. The fourth-order valence-electron chi connectivity index (χ4n) is 2.22. The number of rotatable bonds is 7. The number of halogens is 1. The lowest BCUT2D eigenvalue weighted by molar-refractivity contribution is 0.0953. The minimum atomic E-state index is -0.112. The molecule has 3 rings (SSSR count). The van der Waals surface area contributed by atoms with Gasteiger partial charge in [-0.1, -0.05) is 22.0 Å². The zero-order valence-corrected chi connectivity index (χ0v) is 15.5. The number of carbonyl (C=O) groups excluding carboxylic acids is 2. The number of hydrogen-bond donors (Lipinski definition) is 2. The molecule has 0 aliphatic heterocycles. The summed E-state index contributed by atoms with van der Waals surface area (Å²) in [5, 5.41) is 6.78. The van der Waals surface area contributed by atoms with Crippen LogP contribution in [0.2, 0.25) is 0 Å². The molecule has 1 aromatic carbocycles. The van der Waals surface area contributed by atoms with Crippen molar-refractivity contribution in [1.82, 2.24) is 15.6 Å². The lowest BCUT2D eigenvalue weighted by Gasteiger charge is -2.06. The average Bonchev–Trinajstić information content (AvgIpc) is 3.31. The molecule has 1 saturated carbocycles. The Hall–Kier alpha value is -1.73. The second kappa shape index (κ2) is 7.90. The summed E-state index contributed by atoms with van der Waals surface area (Å²) in [4.78, 5) is 29.0. The average molecular weight is 408 g/mol. The molecule has 0 spiro atoms. The van der Waals surface area contributed by atoms with Gasteiger partial charge in [-0.05, 0) is 37.5 Å². The third-order valence-corrected chi connectivity index (χ3v) is 5.34. The quantitative estimate of drug-likeness (QED) is 0.691. The second-order valence-electron chi connectivity index (χ2n) is 5.71. The van der Waals surface area contributed by atoms with Crippen LogP contribution in [0.4, 0.5) is 0 Å². The third-order valence-electron chi connectivity index (χ3n) is 3.69. The molecule has 7 heteroatoms. The second-order valence-corrected chi connectivity index (χ2v) is 7.69. The van der Waals surface area contributed by atoms with E-state index in [0.29, 0.717) is 35.9 Å². The smallest absolute Gasteiger partial charge is 0.263 e. The first-order valence-corrected chi connectivity index (χ1v) is 9.52. The number of thiazole rings is 1. The molecule has 2 aromatic rings. The molecular weight excluding hydrogens is 390 g/mol. The molecule has 0 saturated heterocycles. The van der Waals surface area contributed by atoms with Crippen molar-refractivity contribution in [2.24, 2.45) is 0 Å². The van der Waals surface area contributed by atoms with Crippen LogP contribution in [0.15, 0.2) is 34.9 Å². The Morgan fingerprint density at radius 1 is 1.21 bits per heavy atom. The van der Waals surface area contributed by atoms with E-state index < -0.39 is 0 Å². The number of nitrogens with zero attached hydrogens (tertiary/aromatic N) is 1. The van der Waals surface area contributed by atoms with Gasteiger partial charge in [0.25, 0.3) is 11.8 Å². The van der Waals surface area contributed by atoms with Crippen LogP contribution in [0.5, 0.6) is 0 Å². The van der Waals surface area contributed by atoms with Crippen molar-refractivity contribution in [3.05, 3.63) is 50.4 Å². The van der Waals surface area contributed by atoms with Gasteiger partial charge in [0.2, 0.25) is 0 Å². The molecule has 1 fully saturated rings. The van der Waals surface area contributed by atoms with E-state index in [0.717, 1.165) is 9.48 Å². The highest BCUT2D eigenvalue weighted by molar-refractivity contribution is 9.10. The van der Waals surface area contributed by atoms with E-state index in [1.807, 2.05) is 12.1 Å². The highest BCUT2D eigenvalue weighted by Crippen LogP contribution is 2.41. The molecule has 126 valence electrons. The summed E-state index contributed by atoms with van der Waals surface area (Å²) in [5.74, 6) is 0.377. The first-order chi connectivity index (χ1) is 11.6. The van der Waals surface area contributed by atoms with Crippen LogP contribution in [0.1, 0.15) is 50.2 Å². The van der Waals surface area contributed by atoms with Gasteiger partial charge in [0.15, 0.2) is 0 Å². The Labute approximate surface area is 153 Å². The summed E-state index contributed by atoms with van der Waals surface area (Å²) in [6.45, 7) is 1.04. The van der Waals surface area contributed by atoms with E-state index in [1.165, 1.54) is 24.2 Å². The molecule has 2 N–H and O–H groups in total. The van der Waals surface area contributed by atoms with Crippen molar-refractivity contribution in [2.45, 2.75) is 25.2 Å². The molecule has 1 aromatic heterocycles. The van der Waals surface area contributed by atoms with E-state index in [-0.39, 0.29) is 11.8 Å². The van der Waals surface area contributed by atoms with E-state index in [9.17, 15) is 9.59 Å². The topological polar surface area (TPSA) is 71.1 Å². The standard InChI is InChI=1S/C17H18BrN3O2S/c18-13-4-1-3-12(9-13)15(22)19-7-2-8-20-16(23)14-10-21-17(24-14)11-5-6-11/h1,3-4,9-11H,2,5-8H2,(H,19,22)(H,20,23). The maximum absolute atomic E-state index is 12.0. The predicted molar refractivity (Wildman–Crippen MR) is 97.5 cm³/mol. The van der Waals surface area contributed by atoms with Crippen molar-refractivity contribution in [2.75, 3.05) is 13.1 Å². The third kappa shape index (κ3) is 4.64. The van der Waals surface area contributed by atoms with Gasteiger partial charge in [-0.15, -0.1) is 11.3 Å². The zero-order valence-electron chi connectivity index (χ0n) is 13.0. The van der Waals surface area contributed by atoms with Crippen molar-refractivity contribution in [3.8, 4) is 0 Å². The van der Waals surface area contributed by atoms with E-state index in [1.54, 1.807) is 18.3 Å². The van der Waals surface area contributed by atoms with Gasteiger partial charge < -0.3 is 10.6 Å². The monoisotopic (exact) mass is 407 g/mol. The number of carbonyl (C=O) groups is 2. The zero-order chi connectivity index (χ0) is 16.9. The van der Waals surface area contributed by atoms with Crippen LogP contribution < -0.4 is 10.6 Å². The molecule has 0 atom stereocenters. The van der Waals surface area contributed by atoms with Crippen molar-refractivity contribution < 1.29 is 9.59 Å².